The van der Waals surface area contributed by atoms with Crippen LogP contribution in [0.5, 0.6) is 5.75 Å². The number of hydrogen-bond donors (Lipinski definition) is 0. The van der Waals surface area contributed by atoms with Crippen LogP contribution in [0.15, 0.2) is 24.3 Å². The van der Waals surface area contributed by atoms with Crippen molar-refractivity contribution < 1.29 is 9.47 Å². The Bertz CT molecular complexity index is 685. The third-order valence-corrected chi connectivity index (χ3v) is 4.89. The zero-order valence-corrected chi connectivity index (χ0v) is 13.8. The van der Waals surface area contributed by atoms with Crippen LogP contribution in [0.4, 0.5) is 0 Å². The largest absolute Gasteiger partial charge is 0.497 e. The van der Waals surface area contributed by atoms with E-state index in [1.807, 2.05) is 28.9 Å². The SMILES string of the molecule is COCC1(Cc2nc(C3CC3)nn2-c2ccc(OC)cc2)CC1. The lowest BCUT2D eigenvalue weighted by molar-refractivity contribution is 0.139. The Hall–Kier alpha value is -1.88. The second-order valence-corrected chi connectivity index (χ2v) is 6.88. The fraction of sp³-hybridized carbons (Fsp3) is 0.556. The molecule has 2 saturated carbocycles. The summed E-state index contributed by atoms with van der Waals surface area (Å²) in [5.74, 6) is 3.48. The molecule has 0 N–H and O–H groups in total. The van der Waals surface area contributed by atoms with E-state index in [-0.39, 0.29) is 5.41 Å². The molecule has 122 valence electrons. The topological polar surface area (TPSA) is 49.2 Å². The Balaban J connectivity index is 1.66. The van der Waals surface area contributed by atoms with Crippen molar-refractivity contribution in [1.29, 1.82) is 0 Å². The molecule has 1 heterocycles. The summed E-state index contributed by atoms with van der Waals surface area (Å²) in [5, 5.41) is 4.79. The maximum atomic E-state index is 5.41. The van der Waals surface area contributed by atoms with Crippen LogP contribution < -0.4 is 4.74 Å². The predicted molar refractivity (Wildman–Crippen MR) is 87.1 cm³/mol. The van der Waals surface area contributed by atoms with Crippen molar-refractivity contribution >= 4 is 0 Å². The van der Waals surface area contributed by atoms with E-state index < -0.39 is 0 Å². The smallest absolute Gasteiger partial charge is 0.154 e. The normalized spacial score (nSPS) is 18.9. The highest BCUT2D eigenvalue weighted by Crippen LogP contribution is 2.48. The Labute approximate surface area is 136 Å². The van der Waals surface area contributed by atoms with E-state index in [4.69, 9.17) is 19.6 Å². The predicted octanol–water partition coefficient (Wildman–Crippen LogP) is 3.12. The quantitative estimate of drug-likeness (QED) is 0.788. The first-order chi connectivity index (χ1) is 11.2. The van der Waals surface area contributed by atoms with Gasteiger partial charge < -0.3 is 9.47 Å². The molecule has 23 heavy (non-hydrogen) atoms. The summed E-state index contributed by atoms with van der Waals surface area (Å²) >= 11 is 0. The molecule has 0 saturated heterocycles. The Kier molecular flexibility index (Phi) is 3.60. The Morgan fingerprint density at radius 2 is 1.91 bits per heavy atom. The average molecular weight is 313 g/mol. The van der Waals surface area contributed by atoms with Crippen molar-refractivity contribution in [2.24, 2.45) is 5.41 Å². The molecule has 0 unspecified atom stereocenters. The number of methoxy groups -OCH3 is 2. The van der Waals surface area contributed by atoms with Gasteiger partial charge in [0, 0.05) is 24.9 Å². The summed E-state index contributed by atoms with van der Waals surface area (Å²) in [4.78, 5) is 4.86. The fourth-order valence-corrected chi connectivity index (χ4v) is 3.11. The first-order valence-corrected chi connectivity index (χ1v) is 8.32. The van der Waals surface area contributed by atoms with E-state index in [1.165, 1.54) is 25.7 Å². The van der Waals surface area contributed by atoms with Gasteiger partial charge in [0.25, 0.3) is 0 Å². The number of nitrogens with zero attached hydrogens (tertiary/aromatic N) is 3. The van der Waals surface area contributed by atoms with Crippen LogP contribution in [-0.4, -0.2) is 35.6 Å². The molecule has 0 aliphatic heterocycles. The molecule has 0 amide bonds. The van der Waals surface area contributed by atoms with E-state index >= 15 is 0 Å². The van der Waals surface area contributed by atoms with Crippen LogP contribution in [-0.2, 0) is 11.2 Å². The van der Waals surface area contributed by atoms with Gasteiger partial charge >= 0.3 is 0 Å². The zero-order valence-electron chi connectivity index (χ0n) is 13.8. The Morgan fingerprint density at radius 1 is 1.17 bits per heavy atom. The molecule has 2 fully saturated rings. The highest BCUT2D eigenvalue weighted by Gasteiger charge is 2.44. The van der Waals surface area contributed by atoms with Crippen LogP contribution in [0.3, 0.4) is 0 Å². The molecule has 5 nitrogen and oxygen atoms in total. The molecular weight excluding hydrogens is 290 g/mol. The summed E-state index contributed by atoms with van der Waals surface area (Å²) in [6, 6.07) is 8.03. The zero-order chi connectivity index (χ0) is 15.9. The van der Waals surface area contributed by atoms with Gasteiger partial charge in [-0.05, 0) is 49.9 Å². The lowest BCUT2D eigenvalue weighted by Gasteiger charge is -2.14. The van der Waals surface area contributed by atoms with E-state index in [0.29, 0.717) is 5.92 Å². The third kappa shape index (κ3) is 2.98. The van der Waals surface area contributed by atoms with Crippen molar-refractivity contribution in [3.63, 3.8) is 0 Å². The van der Waals surface area contributed by atoms with Crippen molar-refractivity contribution in [3.8, 4) is 11.4 Å². The molecular formula is C18H23N3O2. The summed E-state index contributed by atoms with van der Waals surface area (Å²) in [6.07, 6.45) is 5.81. The first kappa shape index (κ1) is 14.7. The highest BCUT2D eigenvalue weighted by atomic mass is 16.5. The molecule has 2 aliphatic rings. The summed E-state index contributed by atoms with van der Waals surface area (Å²) < 4.78 is 12.7. The number of hydrogen-bond acceptors (Lipinski definition) is 4. The van der Waals surface area contributed by atoms with Crippen molar-refractivity contribution in [3.05, 3.63) is 35.9 Å². The van der Waals surface area contributed by atoms with Crippen molar-refractivity contribution in [2.75, 3.05) is 20.8 Å². The van der Waals surface area contributed by atoms with Crippen LogP contribution in [0.2, 0.25) is 0 Å². The second-order valence-electron chi connectivity index (χ2n) is 6.88. The lowest BCUT2D eigenvalue weighted by atomic mass is 10.0. The molecule has 0 atom stereocenters. The lowest BCUT2D eigenvalue weighted by Crippen LogP contribution is -2.16. The van der Waals surface area contributed by atoms with Crippen molar-refractivity contribution in [2.45, 2.75) is 38.0 Å². The molecule has 0 radical (unpaired) electrons. The van der Waals surface area contributed by atoms with Crippen molar-refractivity contribution in [1.82, 2.24) is 14.8 Å². The number of ether oxygens (including phenoxy) is 2. The average Bonchev–Trinajstić information content (AvgIpc) is 3.49. The maximum Gasteiger partial charge on any atom is 0.154 e. The van der Waals surface area contributed by atoms with Crippen LogP contribution in [0.1, 0.15) is 43.3 Å². The summed E-state index contributed by atoms with van der Waals surface area (Å²) in [6.45, 7) is 0.807. The Morgan fingerprint density at radius 3 is 2.48 bits per heavy atom. The fourth-order valence-electron chi connectivity index (χ4n) is 3.11. The minimum atomic E-state index is 0.271. The molecule has 0 bridgehead atoms. The van der Waals surface area contributed by atoms with Gasteiger partial charge in [0.05, 0.1) is 19.4 Å². The maximum absolute atomic E-state index is 5.41. The number of aromatic nitrogens is 3. The van der Waals surface area contributed by atoms with E-state index in [0.717, 1.165) is 36.1 Å². The van der Waals surface area contributed by atoms with Gasteiger partial charge in [0.2, 0.25) is 0 Å². The van der Waals surface area contributed by atoms with E-state index in [9.17, 15) is 0 Å². The highest BCUT2D eigenvalue weighted by molar-refractivity contribution is 5.37. The molecule has 4 rings (SSSR count). The van der Waals surface area contributed by atoms with Gasteiger partial charge in [0.15, 0.2) is 5.82 Å². The summed E-state index contributed by atoms with van der Waals surface area (Å²) in [5.41, 5.74) is 1.32. The van der Waals surface area contributed by atoms with E-state index in [2.05, 4.69) is 0 Å². The van der Waals surface area contributed by atoms with Gasteiger partial charge in [-0.1, -0.05) is 0 Å². The second kappa shape index (κ2) is 5.64. The van der Waals surface area contributed by atoms with Crippen LogP contribution >= 0.6 is 0 Å². The standard InChI is InChI=1S/C18H23N3O2/c1-22-12-18(9-10-18)11-16-19-17(13-3-4-13)20-21(16)14-5-7-15(23-2)8-6-14/h5-8,13H,3-4,9-12H2,1-2H3. The van der Waals surface area contributed by atoms with Gasteiger partial charge in [-0.3, -0.25) is 0 Å². The summed E-state index contributed by atoms with van der Waals surface area (Å²) in [7, 11) is 3.46. The molecule has 0 spiro atoms. The van der Waals surface area contributed by atoms with Gasteiger partial charge in [-0.15, -0.1) is 0 Å². The molecule has 5 heteroatoms. The van der Waals surface area contributed by atoms with Gasteiger partial charge in [-0.2, -0.15) is 5.10 Å². The van der Waals surface area contributed by atoms with Crippen LogP contribution in [0.25, 0.3) is 5.69 Å². The van der Waals surface area contributed by atoms with Gasteiger partial charge in [0.1, 0.15) is 11.6 Å². The number of benzene rings is 1. The third-order valence-electron chi connectivity index (χ3n) is 4.89. The van der Waals surface area contributed by atoms with Crippen LogP contribution in [0, 0.1) is 5.41 Å². The minimum absolute atomic E-state index is 0.271. The minimum Gasteiger partial charge on any atom is -0.497 e. The number of rotatable bonds is 7. The molecule has 1 aromatic heterocycles. The molecule has 2 aromatic rings. The monoisotopic (exact) mass is 313 g/mol. The van der Waals surface area contributed by atoms with Gasteiger partial charge in [-0.25, -0.2) is 9.67 Å². The van der Waals surface area contributed by atoms with E-state index in [1.54, 1.807) is 14.2 Å². The molecule has 1 aromatic carbocycles. The first-order valence-electron chi connectivity index (χ1n) is 8.32. The molecule has 2 aliphatic carbocycles.